The van der Waals surface area contributed by atoms with Crippen LogP contribution < -0.4 is 0 Å². The van der Waals surface area contributed by atoms with Crippen molar-refractivity contribution in [1.82, 2.24) is 0 Å². The number of esters is 2. The summed E-state index contributed by atoms with van der Waals surface area (Å²) in [5.74, 6) is -1.44. The second-order valence-corrected chi connectivity index (χ2v) is 4.06. The first-order valence-electron chi connectivity index (χ1n) is 4.28. The van der Waals surface area contributed by atoms with E-state index in [0.29, 0.717) is 0 Å². The molecule has 17 heavy (non-hydrogen) atoms. The predicted octanol–water partition coefficient (Wildman–Crippen LogP) is 3.22. The fourth-order valence-electron chi connectivity index (χ4n) is 1.14. The first-order valence-corrected chi connectivity index (χ1v) is 5.41. The molecule has 0 heterocycles. The lowest BCUT2D eigenvalue weighted by atomic mass is 10.1. The zero-order valence-corrected chi connectivity index (χ0v) is 11.1. The fraction of sp³-hybridized carbons (Fsp3) is 0.200. The molecule has 4 nitrogen and oxygen atoms in total. The monoisotopic (exact) mass is 296 g/mol. The van der Waals surface area contributed by atoms with E-state index in [2.05, 4.69) is 9.47 Å². The van der Waals surface area contributed by atoms with E-state index in [1.165, 1.54) is 20.3 Å². The molecule has 1 rings (SSSR count). The normalized spacial score (nSPS) is 9.94. The molecule has 0 amide bonds. The Kier molecular flexibility index (Phi) is 4.62. The minimum atomic E-state index is -0.738. The molecule has 1 aromatic carbocycles. The van der Waals surface area contributed by atoms with Crippen LogP contribution in [0.3, 0.4) is 0 Å². The van der Waals surface area contributed by atoms with Crippen molar-refractivity contribution in [3.05, 3.63) is 32.3 Å². The Morgan fingerprint density at radius 2 is 1.53 bits per heavy atom. The SMILES string of the molecule is COC(=O)c1cc(Cl)c(C(=O)OC)c(Cl)c1Cl. The van der Waals surface area contributed by atoms with Gasteiger partial charge in [-0.3, -0.25) is 0 Å². The smallest absolute Gasteiger partial charge is 0.340 e. The van der Waals surface area contributed by atoms with Gasteiger partial charge in [0.2, 0.25) is 0 Å². The zero-order chi connectivity index (χ0) is 13.2. The van der Waals surface area contributed by atoms with Gasteiger partial charge in [0.05, 0.1) is 40.4 Å². The zero-order valence-electron chi connectivity index (χ0n) is 8.84. The molecular weight excluding hydrogens is 290 g/mol. The predicted molar refractivity (Wildman–Crippen MR) is 64.2 cm³/mol. The lowest BCUT2D eigenvalue weighted by Crippen LogP contribution is -2.08. The second kappa shape index (κ2) is 5.58. The summed E-state index contributed by atoms with van der Waals surface area (Å²) in [6, 6.07) is 1.20. The number of benzene rings is 1. The Morgan fingerprint density at radius 3 is 2.00 bits per heavy atom. The van der Waals surface area contributed by atoms with Gasteiger partial charge in [0, 0.05) is 0 Å². The van der Waals surface area contributed by atoms with Gasteiger partial charge in [-0.25, -0.2) is 9.59 Å². The topological polar surface area (TPSA) is 52.6 Å². The van der Waals surface area contributed by atoms with Gasteiger partial charge < -0.3 is 9.47 Å². The van der Waals surface area contributed by atoms with E-state index in [4.69, 9.17) is 34.8 Å². The summed E-state index contributed by atoms with van der Waals surface area (Å²) in [6.07, 6.45) is 0. The van der Waals surface area contributed by atoms with Crippen molar-refractivity contribution >= 4 is 46.7 Å². The molecule has 1 aromatic rings. The van der Waals surface area contributed by atoms with Crippen LogP contribution in [0.2, 0.25) is 15.1 Å². The van der Waals surface area contributed by atoms with Gasteiger partial charge in [0.15, 0.2) is 0 Å². The third-order valence-corrected chi connectivity index (χ3v) is 3.12. The van der Waals surface area contributed by atoms with Crippen LogP contribution in [-0.4, -0.2) is 26.2 Å². The molecular formula is C10H7Cl3O4. The maximum Gasteiger partial charge on any atom is 0.340 e. The molecule has 0 N–H and O–H groups in total. The van der Waals surface area contributed by atoms with Gasteiger partial charge in [-0.05, 0) is 6.07 Å². The van der Waals surface area contributed by atoms with E-state index >= 15 is 0 Å². The van der Waals surface area contributed by atoms with Crippen LogP contribution in [0.25, 0.3) is 0 Å². The summed E-state index contributed by atoms with van der Waals surface area (Å²) in [5.41, 5.74) is -0.106. The molecule has 0 saturated heterocycles. The number of carbonyl (C=O) groups is 2. The number of hydrogen-bond donors (Lipinski definition) is 0. The minimum absolute atomic E-state index is 0.0168. The Balaban J connectivity index is 3.47. The number of halogens is 3. The summed E-state index contributed by atoms with van der Waals surface area (Å²) < 4.78 is 8.99. The van der Waals surface area contributed by atoms with Gasteiger partial charge in [0.1, 0.15) is 0 Å². The van der Waals surface area contributed by atoms with E-state index in [1.54, 1.807) is 0 Å². The highest BCUT2D eigenvalue weighted by molar-refractivity contribution is 6.47. The molecule has 0 spiro atoms. The largest absolute Gasteiger partial charge is 0.465 e. The van der Waals surface area contributed by atoms with Crippen molar-refractivity contribution in [3.63, 3.8) is 0 Å². The molecule has 7 heteroatoms. The Labute approximate surface area is 112 Å². The number of methoxy groups -OCH3 is 2. The number of rotatable bonds is 2. The van der Waals surface area contributed by atoms with Crippen LogP contribution in [0, 0.1) is 0 Å². The van der Waals surface area contributed by atoms with Gasteiger partial charge in [-0.2, -0.15) is 0 Å². The molecule has 0 bridgehead atoms. The van der Waals surface area contributed by atoms with Crippen molar-refractivity contribution in [2.75, 3.05) is 14.2 Å². The molecule has 92 valence electrons. The Morgan fingerprint density at radius 1 is 1.00 bits per heavy atom. The van der Waals surface area contributed by atoms with E-state index in [1.807, 2.05) is 0 Å². The lowest BCUT2D eigenvalue weighted by molar-refractivity contribution is 0.0587. The highest BCUT2D eigenvalue weighted by Crippen LogP contribution is 2.35. The van der Waals surface area contributed by atoms with E-state index in [-0.39, 0.29) is 26.2 Å². The summed E-state index contributed by atoms with van der Waals surface area (Å²) in [6.45, 7) is 0. The molecule has 0 aromatic heterocycles. The first-order chi connectivity index (χ1) is 7.93. The molecule has 0 atom stereocenters. The summed E-state index contributed by atoms with van der Waals surface area (Å²) in [5, 5.41) is -0.290. The van der Waals surface area contributed by atoms with Crippen LogP contribution in [0.5, 0.6) is 0 Å². The first kappa shape index (κ1) is 14.1. The second-order valence-electron chi connectivity index (χ2n) is 2.89. The van der Waals surface area contributed by atoms with Crippen LogP contribution in [0.4, 0.5) is 0 Å². The summed E-state index contributed by atoms with van der Waals surface area (Å²) in [4.78, 5) is 22.7. The van der Waals surface area contributed by atoms with E-state index in [0.717, 1.165) is 0 Å². The summed E-state index contributed by atoms with van der Waals surface area (Å²) >= 11 is 17.5. The van der Waals surface area contributed by atoms with Crippen molar-refractivity contribution in [1.29, 1.82) is 0 Å². The lowest BCUT2D eigenvalue weighted by Gasteiger charge is -2.10. The van der Waals surface area contributed by atoms with Crippen molar-refractivity contribution < 1.29 is 19.1 Å². The van der Waals surface area contributed by atoms with Gasteiger partial charge in [0.25, 0.3) is 0 Å². The average Bonchev–Trinajstić information content (AvgIpc) is 2.32. The quantitative estimate of drug-likeness (QED) is 0.621. The van der Waals surface area contributed by atoms with Crippen LogP contribution in [0.1, 0.15) is 20.7 Å². The van der Waals surface area contributed by atoms with Crippen molar-refractivity contribution in [3.8, 4) is 0 Å². The van der Waals surface area contributed by atoms with Crippen LogP contribution in [0.15, 0.2) is 6.07 Å². The molecule has 0 aliphatic rings. The Hall–Kier alpha value is -0.970. The molecule has 0 saturated carbocycles. The van der Waals surface area contributed by atoms with Crippen molar-refractivity contribution in [2.24, 2.45) is 0 Å². The third-order valence-electron chi connectivity index (χ3n) is 1.95. The number of hydrogen-bond acceptors (Lipinski definition) is 4. The molecule has 0 radical (unpaired) electrons. The average molecular weight is 298 g/mol. The maximum absolute atomic E-state index is 11.4. The summed E-state index contributed by atoms with van der Waals surface area (Å²) in [7, 11) is 2.37. The molecule has 0 aliphatic heterocycles. The fourth-order valence-corrected chi connectivity index (χ4v) is 1.98. The standard InChI is InChI=1S/C10H7Cl3O4/c1-16-9(14)4-3-5(11)6(10(15)17-2)8(13)7(4)12/h3H,1-2H3. The number of ether oxygens (including phenoxy) is 2. The van der Waals surface area contributed by atoms with Gasteiger partial charge >= 0.3 is 11.9 Å². The van der Waals surface area contributed by atoms with E-state index < -0.39 is 11.9 Å². The maximum atomic E-state index is 11.4. The molecule has 0 aliphatic carbocycles. The Bertz CT molecular complexity index is 485. The highest BCUT2D eigenvalue weighted by Gasteiger charge is 2.23. The van der Waals surface area contributed by atoms with Gasteiger partial charge in [-0.15, -0.1) is 0 Å². The molecule has 0 unspecified atom stereocenters. The minimum Gasteiger partial charge on any atom is -0.465 e. The van der Waals surface area contributed by atoms with Gasteiger partial charge in [-0.1, -0.05) is 34.8 Å². The molecule has 0 fully saturated rings. The third kappa shape index (κ3) is 2.65. The van der Waals surface area contributed by atoms with Crippen molar-refractivity contribution in [2.45, 2.75) is 0 Å². The highest BCUT2D eigenvalue weighted by atomic mass is 35.5. The van der Waals surface area contributed by atoms with E-state index in [9.17, 15) is 9.59 Å². The van der Waals surface area contributed by atoms with Crippen LogP contribution in [-0.2, 0) is 9.47 Å². The number of carbonyl (C=O) groups excluding carboxylic acids is 2. The van der Waals surface area contributed by atoms with Crippen LogP contribution >= 0.6 is 34.8 Å².